The van der Waals surface area contributed by atoms with Gasteiger partial charge in [-0.3, -0.25) is 0 Å². The van der Waals surface area contributed by atoms with Crippen LogP contribution in [0.15, 0.2) is 174 Å². The van der Waals surface area contributed by atoms with Gasteiger partial charge in [-0.15, -0.1) is 0 Å². The van der Waals surface area contributed by atoms with Crippen molar-refractivity contribution in [3.05, 3.63) is 175 Å². The zero-order valence-corrected chi connectivity index (χ0v) is 27.4. The van der Waals surface area contributed by atoms with Gasteiger partial charge in [0.15, 0.2) is 17.5 Å². The second-order valence-corrected chi connectivity index (χ2v) is 12.6. The number of aryl methyl sites for hydroxylation is 1. The number of hydrogen-bond acceptors (Lipinski definition) is 4. The van der Waals surface area contributed by atoms with Crippen LogP contribution < -0.4 is 0 Å². The average Bonchev–Trinajstić information content (AvgIpc) is 3.57. The first-order valence-corrected chi connectivity index (χ1v) is 16.8. The van der Waals surface area contributed by atoms with Crippen molar-refractivity contribution >= 4 is 21.9 Å². The molecule has 236 valence electrons. The predicted molar refractivity (Wildman–Crippen MR) is 204 cm³/mol. The van der Waals surface area contributed by atoms with Crippen LogP contribution in [0.3, 0.4) is 0 Å². The third kappa shape index (κ3) is 5.53. The van der Waals surface area contributed by atoms with Crippen LogP contribution in [0, 0.1) is 6.92 Å². The quantitative estimate of drug-likeness (QED) is 0.181. The van der Waals surface area contributed by atoms with Gasteiger partial charge < -0.3 is 4.42 Å². The summed E-state index contributed by atoms with van der Waals surface area (Å²) in [6.45, 7) is 2.08. The van der Waals surface area contributed by atoms with E-state index in [4.69, 9.17) is 19.4 Å². The maximum atomic E-state index is 6.50. The zero-order chi connectivity index (χ0) is 33.4. The number of nitrogens with zero attached hydrogens (tertiary/aromatic N) is 3. The second-order valence-electron chi connectivity index (χ2n) is 12.6. The van der Waals surface area contributed by atoms with Crippen LogP contribution in [0.2, 0.25) is 0 Å². The Morgan fingerprint density at radius 3 is 1.40 bits per heavy atom. The Labute approximate surface area is 290 Å². The number of rotatable bonds is 6. The highest BCUT2D eigenvalue weighted by Crippen LogP contribution is 2.39. The van der Waals surface area contributed by atoms with E-state index < -0.39 is 0 Å². The Kier molecular flexibility index (Phi) is 7.33. The van der Waals surface area contributed by atoms with Gasteiger partial charge in [-0.2, -0.15) is 0 Å². The molecule has 50 heavy (non-hydrogen) atoms. The molecule has 0 atom stereocenters. The van der Waals surface area contributed by atoms with Gasteiger partial charge in [-0.1, -0.05) is 157 Å². The first-order chi connectivity index (χ1) is 24.7. The van der Waals surface area contributed by atoms with Gasteiger partial charge >= 0.3 is 0 Å². The van der Waals surface area contributed by atoms with Crippen LogP contribution in [0.4, 0.5) is 0 Å². The first kappa shape index (κ1) is 29.5. The third-order valence-electron chi connectivity index (χ3n) is 9.25. The molecule has 0 aliphatic carbocycles. The molecule has 0 bridgehead atoms. The third-order valence-corrected chi connectivity index (χ3v) is 9.25. The Morgan fingerprint density at radius 1 is 0.360 bits per heavy atom. The molecular formula is C46H31N3O. The second kappa shape index (κ2) is 12.4. The smallest absolute Gasteiger partial charge is 0.164 e. The average molecular weight is 642 g/mol. The Morgan fingerprint density at radius 2 is 0.820 bits per heavy atom. The van der Waals surface area contributed by atoms with Crippen molar-refractivity contribution in [3.8, 4) is 67.5 Å². The fraction of sp³-hybridized carbons (Fsp3) is 0.0217. The van der Waals surface area contributed by atoms with Crippen molar-refractivity contribution in [2.45, 2.75) is 6.92 Å². The summed E-state index contributed by atoms with van der Waals surface area (Å²) in [6, 6.07) is 58.8. The summed E-state index contributed by atoms with van der Waals surface area (Å²) in [5, 5.41) is 2.15. The molecule has 0 N–H and O–H groups in total. The van der Waals surface area contributed by atoms with Crippen molar-refractivity contribution in [3.63, 3.8) is 0 Å². The van der Waals surface area contributed by atoms with Crippen LogP contribution in [-0.4, -0.2) is 15.0 Å². The lowest BCUT2D eigenvalue weighted by molar-refractivity contribution is 0.669. The van der Waals surface area contributed by atoms with E-state index in [-0.39, 0.29) is 0 Å². The molecule has 0 saturated heterocycles. The summed E-state index contributed by atoms with van der Waals surface area (Å²) in [6.07, 6.45) is 0. The minimum absolute atomic E-state index is 0.594. The molecule has 9 aromatic rings. The van der Waals surface area contributed by atoms with Gasteiger partial charge in [0, 0.05) is 27.5 Å². The molecule has 4 nitrogen and oxygen atoms in total. The van der Waals surface area contributed by atoms with Gasteiger partial charge in [0.25, 0.3) is 0 Å². The molecule has 0 fully saturated rings. The van der Waals surface area contributed by atoms with E-state index in [0.29, 0.717) is 17.5 Å². The van der Waals surface area contributed by atoms with Crippen LogP contribution >= 0.6 is 0 Å². The summed E-state index contributed by atoms with van der Waals surface area (Å²) in [5.41, 5.74) is 12.5. The van der Waals surface area contributed by atoms with E-state index in [1.807, 2.05) is 24.3 Å². The van der Waals surface area contributed by atoms with Crippen molar-refractivity contribution in [1.29, 1.82) is 0 Å². The summed E-state index contributed by atoms with van der Waals surface area (Å²) in [7, 11) is 0. The summed E-state index contributed by atoms with van der Waals surface area (Å²) >= 11 is 0. The Bertz CT molecular complexity index is 2610. The van der Waals surface area contributed by atoms with E-state index in [1.54, 1.807) is 0 Å². The lowest BCUT2D eigenvalue weighted by Gasteiger charge is -2.09. The zero-order valence-electron chi connectivity index (χ0n) is 27.4. The molecule has 0 radical (unpaired) electrons. The lowest BCUT2D eigenvalue weighted by atomic mass is 9.96. The molecule has 0 saturated carbocycles. The predicted octanol–water partition coefficient (Wildman–Crippen LogP) is 12.1. The van der Waals surface area contributed by atoms with Crippen LogP contribution in [0.5, 0.6) is 0 Å². The highest BCUT2D eigenvalue weighted by atomic mass is 16.3. The normalized spacial score (nSPS) is 11.3. The maximum Gasteiger partial charge on any atom is 0.164 e. The van der Waals surface area contributed by atoms with Gasteiger partial charge in [-0.25, -0.2) is 15.0 Å². The van der Waals surface area contributed by atoms with E-state index in [9.17, 15) is 0 Å². The molecule has 0 aliphatic rings. The minimum Gasteiger partial charge on any atom is -0.456 e. The SMILES string of the molecule is Cc1ccc(-c2nc(-c3ccc(-c4ccccc4)cc3)nc(-c3ccc4c(c3)oc3cccc(-c5ccc(-c6ccccc6)cc5)c34)n2)cc1. The molecule has 0 unspecified atom stereocenters. The summed E-state index contributed by atoms with van der Waals surface area (Å²) in [4.78, 5) is 15.0. The van der Waals surface area contributed by atoms with Crippen LogP contribution in [0.25, 0.3) is 89.5 Å². The molecule has 7 aromatic carbocycles. The van der Waals surface area contributed by atoms with Crippen molar-refractivity contribution < 1.29 is 4.42 Å². The van der Waals surface area contributed by atoms with Crippen molar-refractivity contribution in [2.24, 2.45) is 0 Å². The molecule has 0 amide bonds. The number of benzene rings is 7. The molecule has 9 rings (SSSR count). The van der Waals surface area contributed by atoms with Crippen molar-refractivity contribution in [2.75, 3.05) is 0 Å². The molecule has 2 heterocycles. The van der Waals surface area contributed by atoms with E-state index >= 15 is 0 Å². The number of furan rings is 1. The molecule has 2 aromatic heterocycles. The van der Waals surface area contributed by atoms with Gasteiger partial charge in [0.1, 0.15) is 11.2 Å². The summed E-state index contributed by atoms with van der Waals surface area (Å²) < 4.78 is 6.50. The van der Waals surface area contributed by atoms with Gasteiger partial charge in [0.05, 0.1) is 0 Å². The summed E-state index contributed by atoms with van der Waals surface area (Å²) in [5.74, 6) is 1.84. The number of fused-ring (bicyclic) bond motifs is 3. The fourth-order valence-corrected chi connectivity index (χ4v) is 6.59. The van der Waals surface area contributed by atoms with E-state index in [1.165, 1.54) is 22.3 Å². The fourth-order valence-electron chi connectivity index (χ4n) is 6.59. The van der Waals surface area contributed by atoms with Crippen molar-refractivity contribution in [1.82, 2.24) is 15.0 Å². The van der Waals surface area contributed by atoms with Gasteiger partial charge in [-0.05, 0) is 58.5 Å². The monoisotopic (exact) mass is 641 g/mol. The van der Waals surface area contributed by atoms with Gasteiger partial charge in [0.2, 0.25) is 0 Å². The highest BCUT2D eigenvalue weighted by Gasteiger charge is 2.17. The largest absolute Gasteiger partial charge is 0.456 e. The highest BCUT2D eigenvalue weighted by molar-refractivity contribution is 6.13. The molecule has 4 heteroatoms. The van der Waals surface area contributed by atoms with E-state index in [0.717, 1.165) is 55.3 Å². The molecule has 0 aliphatic heterocycles. The Hall–Kier alpha value is -6.65. The Balaban J connectivity index is 1.13. The molecule has 0 spiro atoms. The number of hydrogen-bond donors (Lipinski definition) is 0. The minimum atomic E-state index is 0.594. The maximum absolute atomic E-state index is 6.50. The number of aromatic nitrogens is 3. The lowest BCUT2D eigenvalue weighted by Crippen LogP contribution is -2.00. The van der Waals surface area contributed by atoms with E-state index in [2.05, 4.69) is 153 Å². The standard InChI is InChI=1S/C46H31N3O/c1-30-15-17-36(18-16-30)44-47-45(37-25-21-34(22-26-37)32-11-6-3-7-12-32)49-46(48-44)38-27-28-40-42(29-38)50-41-14-8-13-39(43(40)41)35-23-19-33(20-24-35)31-9-4-2-5-10-31/h2-29H,1H3. The molecular weight excluding hydrogens is 611 g/mol. The first-order valence-electron chi connectivity index (χ1n) is 16.8. The van der Waals surface area contributed by atoms with Crippen LogP contribution in [-0.2, 0) is 0 Å². The topological polar surface area (TPSA) is 51.8 Å². The van der Waals surface area contributed by atoms with Crippen LogP contribution in [0.1, 0.15) is 5.56 Å².